The molecule has 0 radical (unpaired) electrons. The molecule has 2 aromatic carbocycles. The van der Waals surface area contributed by atoms with Crippen molar-refractivity contribution in [2.24, 2.45) is 5.92 Å². The second-order valence-corrected chi connectivity index (χ2v) is 9.44. The van der Waals surface area contributed by atoms with E-state index in [1.807, 2.05) is 30.3 Å². The molecule has 9 heteroatoms. The van der Waals surface area contributed by atoms with E-state index in [4.69, 9.17) is 0 Å². The molecule has 7 nitrogen and oxygen atoms in total. The van der Waals surface area contributed by atoms with Gasteiger partial charge in [-0.3, -0.25) is 14.2 Å². The molecule has 0 unspecified atom stereocenters. The van der Waals surface area contributed by atoms with Crippen molar-refractivity contribution in [3.05, 3.63) is 66.2 Å². The standard InChI is InChI=1S/C25H28FN5O2S/c1-17-9-5-7-13-20(17)27-24(33)16-34-25-30-29-22(31(25)18-10-3-2-4-11-18)15-23(32)28-21-14-8-6-12-19(21)26/h2-4,6,8,10-12,14,17,20H,5,7,9,13,15-16H2,1H3,(H,27,33)(H,28,32)/t17-,20+/m1/s1. The molecule has 34 heavy (non-hydrogen) atoms. The van der Waals surface area contributed by atoms with Gasteiger partial charge in [-0.15, -0.1) is 10.2 Å². The van der Waals surface area contributed by atoms with Crippen molar-refractivity contribution in [2.45, 2.75) is 50.2 Å². The van der Waals surface area contributed by atoms with Gasteiger partial charge < -0.3 is 10.6 Å². The van der Waals surface area contributed by atoms with Crippen molar-refractivity contribution in [1.82, 2.24) is 20.1 Å². The van der Waals surface area contributed by atoms with Crippen LogP contribution >= 0.6 is 11.8 Å². The minimum atomic E-state index is -0.505. The number of thioether (sulfide) groups is 1. The van der Waals surface area contributed by atoms with Gasteiger partial charge in [0.15, 0.2) is 5.16 Å². The third-order valence-corrected chi connectivity index (χ3v) is 6.90. The van der Waals surface area contributed by atoms with Crippen molar-refractivity contribution in [3.63, 3.8) is 0 Å². The van der Waals surface area contributed by atoms with Crippen molar-refractivity contribution in [2.75, 3.05) is 11.1 Å². The van der Waals surface area contributed by atoms with Gasteiger partial charge in [-0.25, -0.2) is 4.39 Å². The number of hydrogen-bond acceptors (Lipinski definition) is 5. The lowest BCUT2D eigenvalue weighted by Crippen LogP contribution is -2.41. The lowest BCUT2D eigenvalue weighted by molar-refractivity contribution is -0.120. The molecule has 178 valence electrons. The summed E-state index contributed by atoms with van der Waals surface area (Å²) in [6.07, 6.45) is 4.42. The number of hydrogen-bond donors (Lipinski definition) is 2. The molecular formula is C25H28FN5O2S. The SMILES string of the molecule is C[C@@H]1CCCC[C@@H]1NC(=O)CSc1nnc(CC(=O)Nc2ccccc2F)n1-c1ccccc1. The Bertz CT molecular complexity index is 1140. The Kier molecular flexibility index (Phi) is 7.95. The maximum absolute atomic E-state index is 13.9. The van der Waals surface area contributed by atoms with Crippen LogP contribution in [0.5, 0.6) is 0 Å². The molecule has 1 aliphatic rings. The highest BCUT2D eigenvalue weighted by atomic mass is 32.2. The Hall–Kier alpha value is -3.20. The Morgan fingerprint density at radius 3 is 2.53 bits per heavy atom. The van der Waals surface area contributed by atoms with E-state index in [2.05, 4.69) is 27.8 Å². The molecule has 3 aromatic rings. The third-order valence-electron chi connectivity index (χ3n) is 5.97. The van der Waals surface area contributed by atoms with Crippen LogP contribution in [0.1, 0.15) is 38.4 Å². The van der Waals surface area contributed by atoms with Gasteiger partial charge in [-0.2, -0.15) is 0 Å². The highest BCUT2D eigenvalue weighted by Crippen LogP contribution is 2.25. The van der Waals surface area contributed by atoms with E-state index in [1.165, 1.54) is 30.3 Å². The molecule has 2 N–H and O–H groups in total. The van der Waals surface area contributed by atoms with Crippen LogP contribution in [0.15, 0.2) is 59.8 Å². The first-order valence-electron chi connectivity index (χ1n) is 11.5. The summed E-state index contributed by atoms with van der Waals surface area (Å²) in [6.45, 7) is 2.18. The van der Waals surface area contributed by atoms with E-state index in [9.17, 15) is 14.0 Å². The molecule has 1 heterocycles. The second kappa shape index (κ2) is 11.3. The van der Waals surface area contributed by atoms with Crippen LogP contribution in [0.4, 0.5) is 10.1 Å². The molecule has 0 bridgehead atoms. The number of carbonyl (C=O) groups is 2. The minimum absolute atomic E-state index is 0.0368. The number of nitrogens with zero attached hydrogens (tertiary/aromatic N) is 3. The molecule has 1 fully saturated rings. The van der Waals surface area contributed by atoms with E-state index < -0.39 is 11.7 Å². The highest BCUT2D eigenvalue weighted by Gasteiger charge is 2.24. The molecule has 1 aromatic heterocycles. The first-order valence-corrected chi connectivity index (χ1v) is 12.5. The number of anilines is 1. The molecule has 2 atom stereocenters. The summed E-state index contributed by atoms with van der Waals surface area (Å²) >= 11 is 1.28. The average molecular weight is 482 g/mol. The molecule has 0 spiro atoms. The highest BCUT2D eigenvalue weighted by molar-refractivity contribution is 7.99. The summed E-state index contributed by atoms with van der Waals surface area (Å²) in [5, 5.41) is 14.7. The second-order valence-electron chi connectivity index (χ2n) is 8.50. The predicted octanol–water partition coefficient (Wildman–Crippen LogP) is 4.37. The monoisotopic (exact) mass is 481 g/mol. The summed E-state index contributed by atoms with van der Waals surface area (Å²) in [5.74, 6) is 0.143. The van der Waals surface area contributed by atoms with Gasteiger partial charge in [0.2, 0.25) is 11.8 Å². The average Bonchev–Trinajstić information content (AvgIpc) is 3.23. The van der Waals surface area contributed by atoms with Crippen LogP contribution in [0.3, 0.4) is 0 Å². The number of rotatable bonds is 8. The zero-order chi connectivity index (χ0) is 23.9. The first kappa shape index (κ1) is 23.9. The number of aromatic nitrogens is 3. The molecule has 0 saturated heterocycles. The maximum atomic E-state index is 13.9. The van der Waals surface area contributed by atoms with E-state index in [0.29, 0.717) is 16.9 Å². The Labute approximate surface area is 202 Å². The van der Waals surface area contributed by atoms with Crippen LogP contribution in [0, 0.1) is 11.7 Å². The number of benzene rings is 2. The van der Waals surface area contributed by atoms with Gasteiger partial charge in [-0.1, -0.05) is 61.9 Å². The van der Waals surface area contributed by atoms with E-state index in [1.54, 1.807) is 16.7 Å². The summed E-state index contributed by atoms with van der Waals surface area (Å²) < 4.78 is 15.7. The fourth-order valence-corrected chi connectivity index (χ4v) is 4.94. The van der Waals surface area contributed by atoms with E-state index in [-0.39, 0.29) is 29.8 Å². The Morgan fingerprint density at radius 1 is 1.03 bits per heavy atom. The van der Waals surface area contributed by atoms with Gasteiger partial charge in [0, 0.05) is 11.7 Å². The lowest BCUT2D eigenvalue weighted by Gasteiger charge is -2.29. The maximum Gasteiger partial charge on any atom is 0.232 e. The van der Waals surface area contributed by atoms with Crippen LogP contribution < -0.4 is 10.6 Å². The quantitative estimate of drug-likeness (QED) is 0.466. The Balaban J connectivity index is 1.47. The summed E-state index contributed by atoms with van der Waals surface area (Å²) in [6, 6.07) is 15.6. The van der Waals surface area contributed by atoms with Gasteiger partial charge in [0.25, 0.3) is 0 Å². The van der Waals surface area contributed by atoms with E-state index >= 15 is 0 Å². The smallest absolute Gasteiger partial charge is 0.232 e. The van der Waals surface area contributed by atoms with Gasteiger partial charge in [0.1, 0.15) is 11.6 Å². The number of amides is 2. The topological polar surface area (TPSA) is 88.9 Å². The third kappa shape index (κ3) is 6.02. The van der Waals surface area contributed by atoms with Crippen LogP contribution in [-0.2, 0) is 16.0 Å². The van der Waals surface area contributed by atoms with Crippen molar-refractivity contribution < 1.29 is 14.0 Å². The summed E-state index contributed by atoms with van der Waals surface area (Å²) in [5.41, 5.74) is 0.895. The van der Waals surface area contributed by atoms with E-state index in [0.717, 1.165) is 24.9 Å². The first-order chi connectivity index (χ1) is 16.5. The molecule has 4 rings (SSSR count). The molecule has 1 aliphatic carbocycles. The summed E-state index contributed by atoms with van der Waals surface area (Å²) in [7, 11) is 0. The predicted molar refractivity (Wildman–Crippen MR) is 130 cm³/mol. The molecule has 2 amide bonds. The Morgan fingerprint density at radius 2 is 1.76 bits per heavy atom. The number of carbonyl (C=O) groups excluding carboxylic acids is 2. The van der Waals surface area contributed by atoms with Gasteiger partial charge >= 0.3 is 0 Å². The largest absolute Gasteiger partial charge is 0.352 e. The van der Waals surface area contributed by atoms with Gasteiger partial charge in [-0.05, 0) is 43.0 Å². The normalized spacial score (nSPS) is 17.8. The number of nitrogens with one attached hydrogen (secondary N) is 2. The fourth-order valence-electron chi connectivity index (χ4n) is 4.15. The zero-order valence-corrected chi connectivity index (χ0v) is 19.9. The summed E-state index contributed by atoms with van der Waals surface area (Å²) in [4.78, 5) is 25.2. The van der Waals surface area contributed by atoms with Crippen LogP contribution in [0.2, 0.25) is 0 Å². The van der Waals surface area contributed by atoms with Crippen LogP contribution in [-0.4, -0.2) is 38.4 Å². The number of para-hydroxylation sites is 2. The zero-order valence-electron chi connectivity index (χ0n) is 19.0. The van der Waals surface area contributed by atoms with Crippen LogP contribution in [0.25, 0.3) is 5.69 Å². The molecular weight excluding hydrogens is 453 g/mol. The van der Waals surface area contributed by atoms with Crippen molar-refractivity contribution in [1.29, 1.82) is 0 Å². The fraction of sp³-hybridized carbons (Fsp3) is 0.360. The molecule has 0 aliphatic heterocycles. The van der Waals surface area contributed by atoms with Gasteiger partial charge in [0.05, 0.1) is 17.9 Å². The van der Waals surface area contributed by atoms with Crippen molar-refractivity contribution in [3.8, 4) is 5.69 Å². The molecule has 1 saturated carbocycles. The minimum Gasteiger partial charge on any atom is -0.352 e. The van der Waals surface area contributed by atoms with Crippen molar-refractivity contribution >= 4 is 29.3 Å². The number of halogens is 1. The lowest BCUT2D eigenvalue weighted by atomic mass is 9.86.